The summed E-state index contributed by atoms with van der Waals surface area (Å²) in [6.45, 7) is 1.20. The van der Waals surface area contributed by atoms with Crippen molar-refractivity contribution in [2.45, 2.75) is 6.92 Å². The van der Waals surface area contributed by atoms with Crippen molar-refractivity contribution < 1.29 is 14.3 Å². The highest BCUT2D eigenvalue weighted by molar-refractivity contribution is 7.12. The number of carbonyl (C=O) groups is 2. The molecule has 58 valence electrons. The molecule has 0 atom stereocenters. The molecule has 1 heterocycles. The van der Waals surface area contributed by atoms with Crippen LogP contribution in [0.2, 0.25) is 0 Å². The predicted octanol–water partition coefficient (Wildman–Crippen LogP) is 1.45. The van der Waals surface area contributed by atoms with Crippen molar-refractivity contribution in [2.24, 2.45) is 0 Å². The molecule has 0 radical (unpaired) electrons. The Bertz CT molecular complexity index is 263. The fourth-order valence-electron chi connectivity index (χ4n) is 0.576. The first-order chi connectivity index (χ1) is 5.20. The van der Waals surface area contributed by atoms with E-state index < -0.39 is 11.9 Å². The van der Waals surface area contributed by atoms with Gasteiger partial charge in [0, 0.05) is 6.92 Å². The average Bonchev–Trinajstić information content (AvgIpc) is 2.35. The summed E-state index contributed by atoms with van der Waals surface area (Å²) in [5, 5.41) is 1.75. The van der Waals surface area contributed by atoms with Crippen LogP contribution in [0.15, 0.2) is 17.5 Å². The highest BCUT2D eigenvalue weighted by atomic mass is 32.1. The molecule has 1 rings (SSSR count). The van der Waals surface area contributed by atoms with E-state index in [1.807, 2.05) is 0 Å². The number of rotatable bonds is 1. The molecule has 1 aromatic rings. The van der Waals surface area contributed by atoms with Crippen LogP contribution in [0.3, 0.4) is 0 Å². The Morgan fingerprint density at radius 3 is 2.73 bits per heavy atom. The zero-order valence-corrected chi connectivity index (χ0v) is 6.68. The maximum atomic E-state index is 10.9. The maximum Gasteiger partial charge on any atom is 0.355 e. The van der Waals surface area contributed by atoms with E-state index in [1.165, 1.54) is 18.3 Å². The van der Waals surface area contributed by atoms with Gasteiger partial charge in [0.2, 0.25) is 0 Å². The van der Waals surface area contributed by atoms with Gasteiger partial charge in [0.05, 0.1) is 0 Å². The van der Waals surface area contributed by atoms with Gasteiger partial charge in [0.25, 0.3) is 0 Å². The number of hydrogen-bond donors (Lipinski definition) is 0. The molecule has 1 aromatic heterocycles. The van der Waals surface area contributed by atoms with Crippen LogP contribution in [0.4, 0.5) is 0 Å². The average molecular weight is 170 g/mol. The third-order valence-electron chi connectivity index (χ3n) is 0.959. The molecule has 0 amide bonds. The van der Waals surface area contributed by atoms with Gasteiger partial charge in [-0.25, -0.2) is 4.79 Å². The molecule has 0 saturated carbocycles. The summed E-state index contributed by atoms with van der Waals surface area (Å²) in [7, 11) is 0. The van der Waals surface area contributed by atoms with Crippen molar-refractivity contribution in [2.75, 3.05) is 0 Å². The topological polar surface area (TPSA) is 43.4 Å². The van der Waals surface area contributed by atoms with Crippen molar-refractivity contribution >= 4 is 23.3 Å². The molecule has 0 aliphatic rings. The second-order valence-electron chi connectivity index (χ2n) is 1.86. The summed E-state index contributed by atoms with van der Waals surface area (Å²) in [5.41, 5.74) is 0. The van der Waals surface area contributed by atoms with Gasteiger partial charge in [-0.05, 0) is 11.4 Å². The minimum Gasteiger partial charge on any atom is -0.389 e. The van der Waals surface area contributed by atoms with Crippen LogP contribution >= 0.6 is 11.3 Å². The fourth-order valence-corrected chi connectivity index (χ4v) is 1.17. The minimum atomic E-state index is -0.580. The Kier molecular flexibility index (Phi) is 2.38. The van der Waals surface area contributed by atoms with E-state index in [0.717, 1.165) is 0 Å². The Hall–Kier alpha value is -1.16. The summed E-state index contributed by atoms with van der Waals surface area (Å²) in [6.07, 6.45) is 0. The summed E-state index contributed by atoms with van der Waals surface area (Å²) in [4.78, 5) is 21.6. The molecule has 0 aliphatic carbocycles. The lowest BCUT2D eigenvalue weighted by Gasteiger charge is -1.93. The molecule has 0 aliphatic heterocycles. The lowest BCUT2D eigenvalue weighted by molar-refractivity contribution is -0.135. The van der Waals surface area contributed by atoms with Crippen molar-refractivity contribution in [3.05, 3.63) is 22.4 Å². The van der Waals surface area contributed by atoms with Gasteiger partial charge in [-0.1, -0.05) is 6.07 Å². The summed E-state index contributed by atoms with van der Waals surface area (Å²) < 4.78 is 4.33. The minimum absolute atomic E-state index is 0.445. The Morgan fingerprint density at radius 2 is 2.27 bits per heavy atom. The molecule has 0 bridgehead atoms. The largest absolute Gasteiger partial charge is 0.389 e. The quantitative estimate of drug-likeness (QED) is 0.473. The lowest BCUT2D eigenvalue weighted by Crippen LogP contribution is -2.07. The maximum absolute atomic E-state index is 10.9. The first-order valence-corrected chi connectivity index (χ1v) is 3.84. The van der Waals surface area contributed by atoms with Crippen LogP contribution in [-0.2, 0) is 9.53 Å². The second-order valence-corrected chi connectivity index (χ2v) is 2.81. The molecule has 0 unspecified atom stereocenters. The molecule has 11 heavy (non-hydrogen) atoms. The van der Waals surface area contributed by atoms with E-state index >= 15 is 0 Å². The molecule has 0 saturated heterocycles. The second kappa shape index (κ2) is 3.30. The summed E-state index contributed by atoms with van der Waals surface area (Å²) in [5.74, 6) is -1.16. The standard InChI is InChI=1S/C7H6O3S/c1-5(8)10-7(9)6-3-2-4-11-6/h2-4H,1H3. The van der Waals surface area contributed by atoms with Crippen LogP contribution in [0.5, 0.6) is 0 Å². The number of thiophene rings is 1. The van der Waals surface area contributed by atoms with Crippen LogP contribution in [0.1, 0.15) is 16.6 Å². The SMILES string of the molecule is CC(=O)OC(=O)c1cccs1. The van der Waals surface area contributed by atoms with E-state index in [2.05, 4.69) is 4.74 Å². The summed E-state index contributed by atoms with van der Waals surface area (Å²) >= 11 is 1.25. The van der Waals surface area contributed by atoms with Gasteiger partial charge in [0.15, 0.2) is 0 Å². The van der Waals surface area contributed by atoms with E-state index in [0.29, 0.717) is 4.88 Å². The zero-order chi connectivity index (χ0) is 8.27. The Morgan fingerprint density at radius 1 is 1.55 bits per heavy atom. The fraction of sp³-hybridized carbons (Fsp3) is 0.143. The molecule has 3 nitrogen and oxygen atoms in total. The molecule has 4 heteroatoms. The van der Waals surface area contributed by atoms with Crippen LogP contribution in [0.25, 0.3) is 0 Å². The molecular weight excluding hydrogens is 164 g/mol. The van der Waals surface area contributed by atoms with Crippen molar-refractivity contribution in [1.82, 2.24) is 0 Å². The molecule has 0 aromatic carbocycles. The monoisotopic (exact) mass is 170 g/mol. The van der Waals surface area contributed by atoms with Gasteiger partial charge < -0.3 is 4.74 Å². The number of esters is 2. The highest BCUT2D eigenvalue weighted by Crippen LogP contribution is 2.09. The van der Waals surface area contributed by atoms with Crippen molar-refractivity contribution in [3.63, 3.8) is 0 Å². The van der Waals surface area contributed by atoms with Crippen molar-refractivity contribution in [3.8, 4) is 0 Å². The third kappa shape index (κ3) is 2.16. The van der Waals surface area contributed by atoms with E-state index in [4.69, 9.17) is 0 Å². The van der Waals surface area contributed by atoms with E-state index in [9.17, 15) is 9.59 Å². The third-order valence-corrected chi connectivity index (χ3v) is 1.81. The smallest absolute Gasteiger partial charge is 0.355 e. The normalized spacial score (nSPS) is 9.18. The molecule has 0 fully saturated rings. The highest BCUT2D eigenvalue weighted by Gasteiger charge is 2.09. The number of hydrogen-bond acceptors (Lipinski definition) is 4. The molecule has 0 N–H and O–H groups in total. The van der Waals surface area contributed by atoms with E-state index in [1.54, 1.807) is 17.5 Å². The molecule has 0 spiro atoms. The van der Waals surface area contributed by atoms with Gasteiger partial charge in [0.1, 0.15) is 4.88 Å². The van der Waals surface area contributed by atoms with Crippen LogP contribution in [0, 0.1) is 0 Å². The van der Waals surface area contributed by atoms with Gasteiger partial charge >= 0.3 is 11.9 Å². The number of carbonyl (C=O) groups excluding carboxylic acids is 2. The van der Waals surface area contributed by atoms with Crippen LogP contribution in [-0.4, -0.2) is 11.9 Å². The zero-order valence-electron chi connectivity index (χ0n) is 5.87. The van der Waals surface area contributed by atoms with E-state index in [-0.39, 0.29) is 0 Å². The first-order valence-electron chi connectivity index (χ1n) is 2.96. The predicted molar refractivity (Wildman–Crippen MR) is 40.4 cm³/mol. The molecular formula is C7H6O3S. The number of ether oxygens (including phenoxy) is 1. The van der Waals surface area contributed by atoms with Gasteiger partial charge in [-0.2, -0.15) is 0 Å². The van der Waals surface area contributed by atoms with Gasteiger partial charge in [-0.3, -0.25) is 4.79 Å². The van der Waals surface area contributed by atoms with Crippen LogP contribution < -0.4 is 0 Å². The first kappa shape index (κ1) is 7.94. The Balaban J connectivity index is 2.64. The summed E-state index contributed by atoms with van der Waals surface area (Å²) in [6, 6.07) is 3.33. The van der Waals surface area contributed by atoms with Gasteiger partial charge in [-0.15, -0.1) is 11.3 Å². The Labute approximate surface area is 67.6 Å². The van der Waals surface area contributed by atoms with Crippen molar-refractivity contribution in [1.29, 1.82) is 0 Å². The lowest BCUT2D eigenvalue weighted by atomic mass is 10.5.